The summed E-state index contributed by atoms with van der Waals surface area (Å²) in [6.07, 6.45) is 32.1. The molecule has 7 fully saturated rings. The maximum atomic E-state index is 12.0. The third kappa shape index (κ3) is 46.1. The summed E-state index contributed by atoms with van der Waals surface area (Å²) in [5, 5.41) is 97.4. The van der Waals surface area contributed by atoms with Gasteiger partial charge in [-0.05, 0) is 187 Å². The van der Waals surface area contributed by atoms with Crippen molar-refractivity contribution in [2.75, 3.05) is 196 Å². The number of nitrogens with zero attached hydrogens (tertiary/aromatic N) is 5. The second-order valence-electron chi connectivity index (χ2n) is 38.2. The Hall–Kier alpha value is -6.77. The van der Waals surface area contributed by atoms with Crippen LogP contribution in [-0.4, -0.2) is 303 Å². The number of fused-ring (bicyclic) bond motifs is 1. The number of halogens is 3. The van der Waals surface area contributed by atoms with Crippen LogP contribution >= 0.6 is 0 Å². The van der Waals surface area contributed by atoms with Gasteiger partial charge in [0.25, 0.3) is 0 Å². The van der Waals surface area contributed by atoms with Gasteiger partial charge in [0.1, 0.15) is 45.8 Å². The number of quaternary nitrogens is 5. The maximum Gasteiger partial charge on any atom is 0.422 e. The Labute approximate surface area is 765 Å². The van der Waals surface area contributed by atoms with Gasteiger partial charge in [0.05, 0.1) is 151 Å². The van der Waals surface area contributed by atoms with Crippen LogP contribution in [0.3, 0.4) is 0 Å². The highest BCUT2D eigenvalue weighted by Crippen LogP contribution is 2.59. The number of likely N-dealkylation sites (N-methyl/N-ethyl adjacent to an activating group) is 1. The smallest absolute Gasteiger partial charge is 0.422 e. The number of ketones is 1. The van der Waals surface area contributed by atoms with Crippen molar-refractivity contribution >= 4 is 46.4 Å². The number of carbonyl (C=O) groups is 6. The molecular formula is C100H168F3N5O20. The van der Waals surface area contributed by atoms with Crippen LogP contribution < -0.4 is 25.5 Å². The van der Waals surface area contributed by atoms with Crippen LogP contribution in [0.5, 0.6) is 5.75 Å². The van der Waals surface area contributed by atoms with Crippen LogP contribution in [0.1, 0.15) is 257 Å². The Kier molecular flexibility index (Phi) is 59.0. The lowest BCUT2D eigenvalue weighted by molar-refractivity contribution is -0.929. The molecule has 734 valence electrons. The summed E-state index contributed by atoms with van der Waals surface area (Å²) in [7, 11) is 22.7. The number of ether oxygens (including phenoxy) is 4. The summed E-state index contributed by atoms with van der Waals surface area (Å²) < 4.78 is 60.2. The summed E-state index contributed by atoms with van der Waals surface area (Å²) in [5.41, 5.74) is -3.45. The fourth-order valence-electron chi connectivity index (χ4n) is 18.0. The highest BCUT2D eigenvalue weighted by atomic mass is 19.4. The summed E-state index contributed by atoms with van der Waals surface area (Å²) >= 11 is 0. The second kappa shape index (κ2) is 63.4. The van der Waals surface area contributed by atoms with E-state index in [0.717, 1.165) is 125 Å². The largest absolute Gasteiger partial charge is 0.872 e. The standard InChI is InChI=1S/C16H36N.C14H10O3.C12H28NO4.C11H8O3.C11H16O2.2C9H20N.C7H18NO3.C7H12O2.C4H5F3O3/c1-5-9-13-17(14-10-6-2,15-11-7-3)16-12-8-4;15-13(10-5-2-1-3-6-10)11-7-4-8-12(9-11)14(16)17;1-14-9-5-13(6-10-15-2,7-11-16-3)8-12-17-4;12-10-6-8-4-2-1-3-7(8)5-9(10)11(13)14;12-10(13)11-4-7-1-8(5-11)3-9(2-7)6-11;2*1-10(2,3)9-7-5-4-6-8-9;1-8(2-5-9,3-6-10)4-7-11;8-7(9)6-4-2-1-3-5-6;1-3(10,2(8)9)4(5,6)7/h5-16H2,1-4H3;1-9H,(H,16,17);5-12H2,1-4H3;1-6,12H,(H,13,14);7-9H,1-6H2,(H,12,13);2*9H,4-8H2,1-3H3;9-11H,2-7H2,1H3;6H,1-5H2,(H,8,9);10H,1H3,(H,8,9)/q+1;;+1;;;3*+1;;/p-5. The molecule has 1 atom stereocenters. The van der Waals surface area contributed by atoms with E-state index in [1.165, 1.54) is 211 Å². The SMILES string of the molecule is CC(O)(C(=O)[O-])C(F)(F)F.CCCC[N+](CCCC)(CCCC)CCCC.COCC[N+](CCOC)(CCOC)CCOC.C[N+](C)(C)C1CCCCC1.C[N+](C)(C)C1CCCCC1.C[N+](CCO)(CCO)CCO.O=C(O)c1cc2ccccc2cc1[O-].O=C([O-])C12CC3CC(CC(C3)C1)C2.O=C([O-])C1CCCCC1.O=C([O-])c1cccc(C(=O)c2ccccc2)c1. The molecule has 28 heteroatoms. The number of alkyl halides is 3. The van der Waals surface area contributed by atoms with Crippen molar-refractivity contribution in [2.45, 2.75) is 245 Å². The zero-order valence-corrected chi connectivity index (χ0v) is 81.1. The number of aliphatic hydroxyl groups is 4. The molecule has 0 radical (unpaired) electrons. The average Bonchev–Trinajstić information content (AvgIpc) is 0.743. The number of carbonyl (C=O) groups excluding carboxylic acids is 5. The molecule has 0 amide bonds. The van der Waals surface area contributed by atoms with E-state index in [1.54, 1.807) is 77.0 Å². The second-order valence-corrected chi connectivity index (χ2v) is 38.2. The Morgan fingerprint density at radius 2 is 0.789 bits per heavy atom. The van der Waals surface area contributed by atoms with Gasteiger partial charge < -0.3 is 112 Å². The third-order valence-electron chi connectivity index (χ3n) is 26.1. The molecule has 4 aromatic carbocycles. The molecule has 4 bridgehead atoms. The number of carboxylic acid groups (broad SMARTS) is 5. The molecule has 11 rings (SSSR count). The topological polar surface area (TPSA) is 356 Å². The third-order valence-corrected chi connectivity index (χ3v) is 26.1. The first kappa shape index (κ1) is 119. The summed E-state index contributed by atoms with van der Waals surface area (Å²) in [4.78, 5) is 64.3. The Bertz CT molecular complexity index is 3480. The first-order valence-electron chi connectivity index (χ1n) is 47.1. The number of carboxylic acids is 5. The zero-order valence-electron chi connectivity index (χ0n) is 81.1. The van der Waals surface area contributed by atoms with Gasteiger partial charge in [0.15, 0.2) is 11.4 Å². The molecule has 5 N–H and O–H groups in total. The molecular weight excluding hydrogens is 1650 g/mol. The minimum atomic E-state index is -5.19. The molecule has 7 aliphatic carbocycles. The van der Waals surface area contributed by atoms with Gasteiger partial charge in [-0.3, -0.25) is 4.79 Å². The molecule has 0 heterocycles. The fraction of sp³-hybridized carbons (Fsp3) is 0.720. The van der Waals surface area contributed by atoms with Crippen molar-refractivity contribution < 1.29 is 134 Å². The minimum Gasteiger partial charge on any atom is -0.872 e. The predicted molar refractivity (Wildman–Crippen MR) is 488 cm³/mol. The highest BCUT2D eigenvalue weighted by molar-refractivity contribution is 6.09. The van der Waals surface area contributed by atoms with E-state index < -0.39 is 52.8 Å². The number of benzene rings is 4. The normalized spacial score (nSPS) is 18.5. The van der Waals surface area contributed by atoms with Crippen LogP contribution in [0.25, 0.3) is 10.8 Å². The highest BCUT2D eigenvalue weighted by Gasteiger charge is 2.52. The van der Waals surface area contributed by atoms with Crippen LogP contribution in [0.4, 0.5) is 13.2 Å². The molecule has 0 saturated heterocycles. The first-order valence-corrected chi connectivity index (χ1v) is 47.1. The molecule has 0 aromatic heterocycles. The molecule has 1 unspecified atom stereocenters. The van der Waals surface area contributed by atoms with Crippen LogP contribution in [-0.2, 0) is 33.3 Å². The molecule has 7 saturated carbocycles. The number of aliphatic hydroxyl groups excluding tert-OH is 3. The zero-order chi connectivity index (χ0) is 96.6. The van der Waals surface area contributed by atoms with E-state index in [0.29, 0.717) is 53.0 Å². The molecule has 128 heavy (non-hydrogen) atoms. The fourth-order valence-corrected chi connectivity index (χ4v) is 18.0. The van der Waals surface area contributed by atoms with E-state index in [4.69, 9.17) is 44.5 Å². The lowest BCUT2D eigenvalue weighted by atomic mass is 9.49. The summed E-state index contributed by atoms with van der Waals surface area (Å²) in [6, 6.07) is 26.3. The number of methoxy groups -OCH3 is 4. The van der Waals surface area contributed by atoms with E-state index in [9.17, 15) is 67.5 Å². The minimum absolute atomic E-state index is 0.00628. The van der Waals surface area contributed by atoms with E-state index in [1.807, 2.05) is 19.2 Å². The van der Waals surface area contributed by atoms with Gasteiger partial charge in [0, 0.05) is 56.9 Å². The van der Waals surface area contributed by atoms with Crippen molar-refractivity contribution in [1.82, 2.24) is 0 Å². The van der Waals surface area contributed by atoms with Gasteiger partial charge in [-0.1, -0.05) is 170 Å². The number of aromatic carboxylic acids is 2. The lowest BCUT2D eigenvalue weighted by Crippen LogP contribution is -2.56. The summed E-state index contributed by atoms with van der Waals surface area (Å²) in [6.45, 7) is 24.0. The van der Waals surface area contributed by atoms with Crippen LogP contribution in [0.2, 0.25) is 0 Å². The van der Waals surface area contributed by atoms with Gasteiger partial charge >= 0.3 is 12.1 Å². The monoisotopic (exact) mass is 1820 g/mol. The number of rotatable bonds is 39. The van der Waals surface area contributed by atoms with Crippen LogP contribution in [0, 0.1) is 29.1 Å². The van der Waals surface area contributed by atoms with Gasteiger partial charge in [-0.15, -0.1) is 0 Å². The number of unbranched alkanes of at least 4 members (excludes halogenated alkanes) is 4. The van der Waals surface area contributed by atoms with Gasteiger partial charge in [0.2, 0.25) is 0 Å². The number of aliphatic carboxylic acids is 3. The van der Waals surface area contributed by atoms with E-state index in [2.05, 4.69) is 70.0 Å². The predicted octanol–water partition coefficient (Wildman–Crippen LogP) is 11.1. The number of hydrogen-bond acceptors (Lipinski definition) is 19. The van der Waals surface area contributed by atoms with Crippen molar-refractivity contribution in [2.24, 2.45) is 29.1 Å². The maximum absolute atomic E-state index is 12.0. The van der Waals surface area contributed by atoms with Crippen LogP contribution in [0.15, 0.2) is 91.0 Å². The molecule has 0 spiro atoms. The molecule has 7 aliphatic rings. The molecule has 0 aliphatic heterocycles. The number of hydrogen-bond donors (Lipinski definition) is 5. The molecule has 25 nitrogen and oxygen atoms in total. The average molecular weight is 1820 g/mol. The summed E-state index contributed by atoms with van der Waals surface area (Å²) in [5.74, 6) is -5.28. The Balaban J connectivity index is 0.000000716. The van der Waals surface area contributed by atoms with Gasteiger partial charge in [-0.25, -0.2) is 4.79 Å². The van der Waals surface area contributed by atoms with Gasteiger partial charge in [-0.2, -0.15) is 13.2 Å². The van der Waals surface area contributed by atoms with Crippen molar-refractivity contribution in [1.29, 1.82) is 0 Å². The van der Waals surface area contributed by atoms with E-state index >= 15 is 0 Å². The first-order chi connectivity index (χ1) is 60.4. The Morgan fingerprint density at radius 3 is 1.07 bits per heavy atom. The quantitative estimate of drug-likeness (QED) is 0.0205. The molecule has 4 aromatic rings. The van der Waals surface area contributed by atoms with E-state index in [-0.39, 0.29) is 49.6 Å². The lowest BCUT2D eigenvalue weighted by Gasteiger charge is -2.57. The van der Waals surface area contributed by atoms with Crippen molar-refractivity contribution in [3.63, 3.8) is 0 Å². The Morgan fingerprint density at radius 1 is 0.453 bits per heavy atom. The van der Waals surface area contributed by atoms with Crippen molar-refractivity contribution in [3.05, 3.63) is 113 Å². The van der Waals surface area contributed by atoms with Crippen molar-refractivity contribution in [3.8, 4) is 5.75 Å².